The SMILES string of the molecule is CC(C)c1ccc(NC(=O)N[C@H](CC(N)=O)C(=O)O)cc1. The molecular weight excluding hydrogens is 274 g/mol. The molecule has 0 bridgehead atoms. The number of carboxylic acid groups (broad SMARTS) is 1. The number of primary amides is 1. The topological polar surface area (TPSA) is 122 Å². The Morgan fingerprint density at radius 2 is 1.76 bits per heavy atom. The van der Waals surface area contributed by atoms with Crippen molar-refractivity contribution in [1.29, 1.82) is 0 Å². The van der Waals surface area contributed by atoms with Gasteiger partial charge in [0.25, 0.3) is 0 Å². The molecule has 0 fully saturated rings. The number of urea groups is 1. The van der Waals surface area contributed by atoms with Crippen molar-refractivity contribution in [2.24, 2.45) is 5.73 Å². The Kier molecular flexibility index (Phi) is 5.71. The number of benzene rings is 1. The molecule has 114 valence electrons. The highest BCUT2D eigenvalue weighted by Crippen LogP contribution is 2.17. The number of carbonyl (C=O) groups is 3. The monoisotopic (exact) mass is 293 g/mol. The van der Waals surface area contributed by atoms with Crippen LogP contribution in [0.1, 0.15) is 31.7 Å². The van der Waals surface area contributed by atoms with Crippen molar-refractivity contribution in [1.82, 2.24) is 5.32 Å². The van der Waals surface area contributed by atoms with Crippen LogP contribution in [-0.4, -0.2) is 29.1 Å². The largest absolute Gasteiger partial charge is 0.480 e. The van der Waals surface area contributed by atoms with Crippen LogP contribution in [0.3, 0.4) is 0 Å². The van der Waals surface area contributed by atoms with Crippen LogP contribution in [0.25, 0.3) is 0 Å². The summed E-state index contributed by atoms with van der Waals surface area (Å²) in [4.78, 5) is 33.3. The lowest BCUT2D eigenvalue weighted by molar-refractivity contribution is -0.140. The Morgan fingerprint density at radius 1 is 1.19 bits per heavy atom. The summed E-state index contributed by atoms with van der Waals surface area (Å²) in [6.45, 7) is 4.10. The third-order valence-electron chi connectivity index (χ3n) is 2.84. The van der Waals surface area contributed by atoms with Crippen molar-refractivity contribution in [3.63, 3.8) is 0 Å². The average molecular weight is 293 g/mol. The van der Waals surface area contributed by atoms with Crippen molar-refractivity contribution in [2.75, 3.05) is 5.32 Å². The maximum Gasteiger partial charge on any atom is 0.326 e. The van der Waals surface area contributed by atoms with E-state index in [2.05, 4.69) is 24.5 Å². The van der Waals surface area contributed by atoms with Gasteiger partial charge in [0.05, 0.1) is 6.42 Å². The zero-order chi connectivity index (χ0) is 16.0. The predicted molar refractivity (Wildman–Crippen MR) is 77.9 cm³/mol. The zero-order valence-corrected chi connectivity index (χ0v) is 11.9. The number of anilines is 1. The molecule has 0 unspecified atom stereocenters. The predicted octanol–water partition coefficient (Wildman–Crippen LogP) is 1.26. The summed E-state index contributed by atoms with van der Waals surface area (Å²) in [5, 5.41) is 13.6. The quantitative estimate of drug-likeness (QED) is 0.630. The second-order valence-electron chi connectivity index (χ2n) is 4.94. The molecule has 7 heteroatoms. The molecule has 1 aromatic carbocycles. The first-order valence-corrected chi connectivity index (χ1v) is 6.48. The molecule has 7 nitrogen and oxygen atoms in total. The number of nitrogens with two attached hydrogens (primary N) is 1. The molecule has 1 aromatic rings. The Bertz CT molecular complexity index is 526. The fraction of sp³-hybridized carbons (Fsp3) is 0.357. The highest BCUT2D eigenvalue weighted by molar-refractivity contribution is 5.93. The van der Waals surface area contributed by atoms with Gasteiger partial charge in [0.2, 0.25) is 5.91 Å². The molecule has 0 heterocycles. The van der Waals surface area contributed by atoms with Crippen molar-refractivity contribution in [2.45, 2.75) is 32.2 Å². The summed E-state index contributed by atoms with van der Waals surface area (Å²) >= 11 is 0. The zero-order valence-electron chi connectivity index (χ0n) is 11.9. The second kappa shape index (κ2) is 7.28. The van der Waals surface area contributed by atoms with Gasteiger partial charge in [-0.2, -0.15) is 0 Å². The highest BCUT2D eigenvalue weighted by Gasteiger charge is 2.22. The molecule has 21 heavy (non-hydrogen) atoms. The van der Waals surface area contributed by atoms with Gasteiger partial charge in [-0.1, -0.05) is 26.0 Å². The molecule has 0 radical (unpaired) electrons. The van der Waals surface area contributed by atoms with Crippen LogP contribution in [0.5, 0.6) is 0 Å². The second-order valence-corrected chi connectivity index (χ2v) is 4.94. The van der Waals surface area contributed by atoms with Gasteiger partial charge >= 0.3 is 12.0 Å². The van der Waals surface area contributed by atoms with Crippen molar-refractivity contribution in [3.05, 3.63) is 29.8 Å². The van der Waals surface area contributed by atoms with Crippen LogP contribution in [0.4, 0.5) is 10.5 Å². The number of carboxylic acids is 1. The van der Waals surface area contributed by atoms with Crippen LogP contribution in [0, 0.1) is 0 Å². The van der Waals surface area contributed by atoms with Crippen molar-refractivity contribution in [3.8, 4) is 0 Å². The molecule has 1 atom stereocenters. The number of carbonyl (C=O) groups excluding carboxylic acids is 2. The van der Waals surface area contributed by atoms with Crippen LogP contribution in [0.15, 0.2) is 24.3 Å². The van der Waals surface area contributed by atoms with E-state index in [9.17, 15) is 14.4 Å². The van der Waals surface area contributed by atoms with E-state index in [1.54, 1.807) is 12.1 Å². The molecule has 0 spiro atoms. The summed E-state index contributed by atoms with van der Waals surface area (Å²) in [7, 11) is 0. The van der Waals surface area contributed by atoms with E-state index in [1.165, 1.54) is 0 Å². The van der Waals surface area contributed by atoms with Gasteiger partial charge in [0.15, 0.2) is 0 Å². The van der Waals surface area contributed by atoms with Gasteiger partial charge in [-0.25, -0.2) is 9.59 Å². The number of amides is 3. The third-order valence-corrected chi connectivity index (χ3v) is 2.84. The van der Waals surface area contributed by atoms with E-state index in [-0.39, 0.29) is 0 Å². The van der Waals surface area contributed by atoms with Gasteiger partial charge in [-0.3, -0.25) is 4.79 Å². The fourth-order valence-corrected chi connectivity index (χ4v) is 1.68. The van der Waals surface area contributed by atoms with Crippen LogP contribution in [-0.2, 0) is 9.59 Å². The molecule has 0 saturated carbocycles. The lowest BCUT2D eigenvalue weighted by Crippen LogP contribution is -2.45. The number of nitrogens with one attached hydrogen (secondary N) is 2. The summed E-state index contributed by atoms with van der Waals surface area (Å²) in [6.07, 6.45) is -0.463. The van der Waals surface area contributed by atoms with E-state index in [1.807, 2.05) is 12.1 Å². The summed E-state index contributed by atoms with van der Waals surface area (Å²) in [6, 6.07) is 5.13. The number of hydrogen-bond acceptors (Lipinski definition) is 3. The molecule has 0 saturated heterocycles. The molecule has 0 aliphatic carbocycles. The fourth-order valence-electron chi connectivity index (χ4n) is 1.68. The summed E-state index contributed by atoms with van der Waals surface area (Å²) in [5.41, 5.74) is 6.58. The molecule has 5 N–H and O–H groups in total. The molecular formula is C14H19N3O4. The lowest BCUT2D eigenvalue weighted by Gasteiger charge is -2.14. The normalized spacial score (nSPS) is 11.8. The Morgan fingerprint density at radius 3 is 2.19 bits per heavy atom. The first kappa shape index (κ1) is 16.5. The summed E-state index contributed by atoms with van der Waals surface area (Å²) < 4.78 is 0. The van der Waals surface area contributed by atoms with E-state index in [0.717, 1.165) is 5.56 Å². The number of aliphatic carboxylic acids is 1. The minimum absolute atomic E-state index is 0.375. The lowest BCUT2D eigenvalue weighted by atomic mass is 10.0. The van der Waals surface area contributed by atoms with Gasteiger partial charge in [-0.15, -0.1) is 0 Å². The first-order chi connectivity index (χ1) is 9.79. The molecule has 1 rings (SSSR count). The van der Waals surface area contributed by atoms with E-state index in [0.29, 0.717) is 11.6 Å². The molecule has 3 amide bonds. The van der Waals surface area contributed by atoms with E-state index in [4.69, 9.17) is 10.8 Å². The average Bonchev–Trinajstić information content (AvgIpc) is 2.37. The highest BCUT2D eigenvalue weighted by atomic mass is 16.4. The maximum absolute atomic E-state index is 11.7. The van der Waals surface area contributed by atoms with Crippen molar-refractivity contribution >= 4 is 23.6 Å². The summed E-state index contributed by atoms with van der Waals surface area (Å²) in [5.74, 6) is -1.75. The van der Waals surface area contributed by atoms with Crippen LogP contribution >= 0.6 is 0 Å². The molecule has 0 aliphatic rings. The Balaban J connectivity index is 2.63. The van der Waals surface area contributed by atoms with Crippen molar-refractivity contribution < 1.29 is 19.5 Å². The Hall–Kier alpha value is -2.57. The van der Waals surface area contributed by atoms with Crippen LogP contribution in [0.2, 0.25) is 0 Å². The number of hydrogen-bond donors (Lipinski definition) is 4. The minimum Gasteiger partial charge on any atom is -0.480 e. The van der Waals surface area contributed by atoms with E-state index >= 15 is 0 Å². The standard InChI is InChI=1S/C14H19N3O4/c1-8(2)9-3-5-10(6-4-9)16-14(21)17-11(13(19)20)7-12(15)18/h3-6,8,11H,7H2,1-2H3,(H2,15,18)(H,19,20)(H2,16,17,21)/t11-/m1/s1. The molecule has 0 aromatic heterocycles. The van der Waals surface area contributed by atoms with Crippen LogP contribution < -0.4 is 16.4 Å². The van der Waals surface area contributed by atoms with Gasteiger partial charge in [-0.05, 0) is 23.6 Å². The van der Waals surface area contributed by atoms with Gasteiger partial charge in [0.1, 0.15) is 6.04 Å². The maximum atomic E-state index is 11.7. The first-order valence-electron chi connectivity index (χ1n) is 6.48. The third kappa shape index (κ3) is 5.52. The van der Waals surface area contributed by atoms with Gasteiger partial charge in [0, 0.05) is 5.69 Å². The number of rotatable bonds is 6. The molecule has 0 aliphatic heterocycles. The van der Waals surface area contributed by atoms with Gasteiger partial charge < -0.3 is 21.5 Å². The Labute approximate surface area is 122 Å². The minimum atomic E-state index is -1.35. The van der Waals surface area contributed by atoms with E-state index < -0.39 is 30.4 Å². The smallest absolute Gasteiger partial charge is 0.326 e.